The molecule has 0 aliphatic heterocycles. The molecule has 1 aromatic carbocycles. The molecule has 78 valence electrons. The van der Waals surface area contributed by atoms with Crippen molar-refractivity contribution in [1.29, 1.82) is 0 Å². The van der Waals surface area contributed by atoms with Crippen molar-refractivity contribution in [1.82, 2.24) is 0 Å². The van der Waals surface area contributed by atoms with Gasteiger partial charge in [0.2, 0.25) is 0 Å². The minimum atomic E-state index is -2.84. The van der Waals surface area contributed by atoms with Crippen LogP contribution in [0, 0.1) is 0 Å². The number of hydrogen-bond donors (Lipinski definition) is 0. The molecule has 0 heterocycles. The van der Waals surface area contributed by atoms with Crippen LogP contribution in [0.3, 0.4) is 0 Å². The Bertz CT molecular complexity index is 305. The van der Waals surface area contributed by atoms with Crippen molar-refractivity contribution in [3.63, 3.8) is 0 Å². The summed E-state index contributed by atoms with van der Waals surface area (Å²) in [6, 6.07) is 4.87. The van der Waals surface area contributed by atoms with Gasteiger partial charge in [-0.05, 0) is 17.7 Å². The molecule has 0 aliphatic rings. The first-order valence-electron chi connectivity index (χ1n) is 3.85. The zero-order chi connectivity index (χ0) is 10.6. The summed E-state index contributed by atoms with van der Waals surface area (Å²) in [6.45, 7) is -2.84. The minimum absolute atomic E-state index is 0.0550. The molecule has 0 spiro atoms. The molecule has 0 unspecified atom stereocenters. The Morgan fingerprint density at radius 2 is 2.07 bits per heavy atom. The second-order valence-electron chi connectivity index (χ2n) is 2.50. The van der Waals surface area contributed by atoms with Gasteiger partial charge in [0, 0.05) is 5.33 Å². The van der Waals surface area contributed by atoms with Gasteiger partial charge < -0.3 is 9.47 Å². The molecule has 0 atom stereocenters. The highest BCUT2D eigenvalue weighted by molar-refractivity contribution is 9.08. The van der Waals surface area contributed by atoms with E-state index in [1.807, 2.05) is 0 Å². The van der Waals surface area contributed by atoms with Crippen molar-refractivity contribution in [2.75, 3.05) is 7.11 Å². The minimum Gasteiger partial charge on any atom is -0.493 e. The molecule has 2 nitrogen and oxygen atoms in total. The Morgan fingerprint density at radius 1 is 1.36 bits per heavy atom. The summed E-state index contributed by atoms with van der Waals surface area (Å²) in [5, 5.41) is 0.580. The van der Waals surface area contributed by atoms with Crippen LogP contribution in [0.5, 0.6) is 11.5 Å². The van der Waals surface area contributed by atoms with E-state index in [2.05, 4.69) is 20.7 Å². The van der Waals surface area contributed by atoms with Gasteiger partial charge in [-0.2, -0.15) is 8.78 Å². The smallest absolute Gasteiger partial charge is 0.387 e. The van der Waals surface area contributed by atoms with Crippen LogP contribution < -0.4 is 9.47 Å². The van der Waals surface area contributed by atoms with E-state index < -0.39 is 6.61 Å². The number of rotatable bonds is 4. The number of ether oxygens (including phenoxy) is 2. The molecule has 0 fully saturated rings. The van der Waals surface area contributed by atoms with E-state index in [9.17, 15) is 8.78 Å². The van der Waals surface area contributed by atoms with E-state index in [0.29, 0.717) is 11.1 Å². The van der Waals surface area contributed by atoms with Crippen LogP contribution in [0.4, 0.5) is 8.78 Å². The van der Waals surface area contributed by atoms with Crippen molar-refractivity contribution < 1.29 is 18.3 Å². The molecule has 0 bridgehead atoms. The van der Waals surface area contributed by atoms with Gasteiger partial charge in [-0.25, -0.2) is 0 Å². The fourth-order valence-corrected chi connectivity index (χ4v) is 1.34. The lowest BCUT2D eigenvalue weighted by Gasteiger charge is -2.10. The zero-order valence-corrected chi connectivity index (χ0v) is 9.05. The maximum Gasteiger partial charge on any atom is 0.387 e. The van der Waals surface area contributed by atoms with Crippen molar-refractivity contribution >= 4 is 15.9 Å². The fourth-order valence-electron chi connectivity index (χ4n) is 0.992. The Hall–Kier alpha value is -0.840. The van der Waals surface area contributed by atoms with Crippen molar-refractivity contribution in [2.24, 2.45) is 0 Å². The van der Waals surface area contributed by atoms with Crippen molar-refractivity contribution in [3.8, 4) is 11.5 Å². The molecular weight excluding hydrogens is 258 g/mol. The largest absolute Gasteiger partial charge is 0.493 e. The van der Waals surface area contributed by atoms with Crippen LogP contribution >= 0.6 is 15.9 Å². The Labute approximate surface area is 89.0 Å². The number of methoxy groups -OCH3 is 1. The van der Waals surface area contributed by atoms with Crippen molar-refractivity contribution in [3.05, 3.63) is 23.8 Å². The van der Waals surface area contributed by atoms with Crippen LogP contribution in [0.25, 0.3) is 0 Å². The van der Waals surface area contributed by atoms with Crippen LogP contribution in [0.1, 0.15) is 5.56 Å². The van der Waals surface area contributed by atoms with Gasteiger partial charge in [-0.3, -0.25) is 0 Å². The van der Waals surface area contributed by atoms with Crippen molar-refractivity contribution in [2.45, 2.75) is 11.9 Å². The van der Waals surface area contributed by atoms with Gasteiger partial charge >= 0.3 is 6.61 Å². The predicted molar refractivity (Wildman–Crippen MR) is 52.3 cm³/mol. The second kappa shape index (κ2) is 5.14. The molecule has 0 amide bonds. The Balaban J connectivity index is 2.96. The first-order chi connectivity index (χ1) is 6.67. The number of hydrogen-bond acceptors (Lipinski definition) is 2. The third kappa shape index (κ3) is 2.83. The molecule has 14 heavy (non-hydrogen) atoms. The van der Waals surface area contributed by atoms with Crippen LogP contribution in [0.2, 0.25) is 0 Å². The molecule has 1 rings (SSSR count). The third-order valence-corrected chi connectivity index (χ3v) is 2.25. The SMILES string of the molecule is COc1ccc(CBr)cc1OC(F)F. The summed E-state index contributed by atoms with van der Waals surface area (Å²) in [4.78, 5) is 0. The number of benzene rings is 1. The summed E-state index contributed by atoms with van der Waals surface area (Å²) >= 11 is 3.22. The predicted octanol–water partition coefficient (Wildman–Crippen LogP) is 3.19. The van der Waals surface area contributed by atoms with E-state index in [-0.39, 0.29) is 5.75 Å². The van der Waals surface area contributed by atoms with E-state index in [1.165, 1.54) is 13.2 Å². The van der Waals surface area contributed by atoms with Crippen LogP contribution in [0.15, 0.2) is 18.2 Å². The zero-order valence-electron chi connectivity index (χ0n) is 7.47. The number of halogens is 3. The summed E-state index contributed by atoms with van der Waals surface area (Å²) in [7, 11) is 1.40. The highest BCUT2D eigenvalue weighted by Crippen LogP contribution is 2.29. The molecule has 0 N–H and O–H groups in total. The quantitative estimate of drug-likeness (QED) is 0.780. The average Bonchev–Trinajstić information content (AvgIpc) is 2.16. The van der Waals surface area contributed by atoms with Gasteiger partial charge in [-0.1, -0.05) is 22.0 Å². The fraction of sp³-hybridized carbons (Fsp3) is 0.333. The van der Waals surface area contributed by atoms with Gasteiger partial charge in [0.1, 0.15) is 0 Å². The van der Waals surface area contributed by atoms with Gasteiger partial charge in [0.25, 0.3) is 0 Å². The second-order valence-corrected chi connectivity index (χ2v) is 3.06. The maximum atomic E-state index is 12.0. The van der Waals surface area contributed by atoms with Crippen LogP contribution in [-0.4, -0.2) is 13.7 Å². The van der Waals surface area contributed by atoms with Gasteiger partial charge in [-0.15, -0.1) is 0 Å². The Morgan fingerprint density at radius 3 is 2.57 bits per heavy atom. The summed E-state index contributed by atoms with van der Waals surface area (Å²) < 4.78 is 33.1. The summed E-state index contributed by atoms with van der Waals surface area (Å²) in [5.41, 5.74) is 0.849. The monoisotopic (exact) mass is 266 g/mol. The first-order valence-corrected chi connectivity index (χ1v) is 4.97. The van der Waals surface area contributed by atoms with Gasteiger partial charge in [0.15, 0.2) is 11.5 Å². The van der Waals surface area contributed by atoms with E-state index >= 15 is 0 Å². The molecule has 1 aromatic rings. The third-order valence-electron chi connectivity index (χ3n) is 1.60. The van der Waals surface area contributed by atoms with Crippen LogP contribution in [-0.2, 0) is 5.33 Å². The van der Waals surface area contributed by atoms with Gasteiger partial charge in [0.05, 0.1) is 7.11 Å². The topological polar surface area (TPSA) is 18.5 Å². The van der Waals surface area contributed by atoms with E-state index in [1.54, 1.807) is 12.1 Å². The van der Waals surface area contributed by atoms with E-state index in [4.69, 9.17) is 4.74 Å². The molecule has 0 radical (unpaired) electrons. The Kier molecular flexibility index (Phi) is 4.13. The normalized spacial score (nSPS) is 10.4. The lowest BCUT2D eigenvalue weighted by atomic mass is 10.2. The summed E-state index contributed by atoms with van der Waals surface area (Å²) in [6.07, 6.45) is 0. The highest BCUT2D eigenvalue weighted by Gasteiger charge is 2.10. The molecule has 0 saturated carbocycles. The molecule has 0 saturated heterocycles. The molecular formula is C9H9BrF2O2. The molecule has 5 heteroatoms. The molecule has 0 aliphatic carbocycles. The highest BCUT2D eigenvalue weighted by atomic mass is 79.9. The average molecular weight is 267 g/mol. The standard InChI is InChI=1S/C9H9BrF2O2/c1-13-7-3-2-6(5-10)4-8(7)14-9(11)12/h2-4,9H,5H2,1H3. The summed E-state index contributed by atoms with van der Waals surface area (Å²) in [5.74, 6) is 0.356. The first kappa shape index (κ1) is 11.2. The maximum absolute atomic E-state index is 12.0. The van der Waals surface area contributed by atoms with E-state index in [0.717, 1.165) is 5.56 Å². The lowest BCUT2D eigenvalue weighted by Crippen LogP contribution is -2.03. The lowest BCUT2D eigenvalue weighted by molar-refractivity contribution is -0.0512. The molecule has 0 aromatic heterocycles. The number of alkyl halides is 3.